The monoisotopic (exact) mass is 343 g/mol. The molecule has 1 atom stereocenters. The number of hydrogen-bond donors (Lipinski definition) is 2. The van der Waals surface area contributed by atoms with Crippen molar-refractivity contribution in [3.63, 3.8) is 0 Å². The van der Waals surface area contributed by atoms with E-state index in [0.29, 0.717) is 12.1 Å². The Morgan fingerprint density at radius 1 is 1.20 bits per heavy atom. The van der Waals surface area contributed by atoms with Gasteiger partial charge in [0.1, 0.15) is 6.54 Å². The summed E-state index contributed by atoms with van der Waals surface area (Å²) in [6.07, 6.45) is 3.70. The molecule has 0 aliphatic carbocycles. The summed E-state index contributed by atoms with van der Waals surface area (Å²) in [5.74, 6) is -1.58. The van der Waals surface area contributed by atoms with Crippen molar-refractivity contribution in [3.8, 4) is 0 Å². The lowest BCUT2D eigenvalue weighted by Gasteiger charge is -2.32. The zero-order valence-electron chi connectivity index (χ0n) is 13.8. The van der Waals surface area contributed by atoms with E-state index in [2.05, 4.69) is 10.00 Å². The van der Waals surface area contributed by atoms with Gasteiger partial charge in [-0.3, -0.25) is 14.4 Å². The maximum atomic E-state index is 11.4. The van der Waals surface area contributed by atoms with Gasteiger partial charge in [0.2, 0.25) is 0 Å². The number of piperidine rings is 1. The van der Waals surface area contributed by atoms with Crippen molar-refractivity contribution in [3.05, 3.63) is 53.3 Å². The molecule has 2 N–H and O–H groups in total. The molecule has 132 valence electrons. The van der Waals surface area contributed by atoms with Crippen LogP contribution in [0.1, 0.15) is 40.4 Å². The Kier molecular flexibility index (Phi) is 5.14. The van der Waals surface area contributed by atoms with Crippen LogP contribution in [0.4, 0.5) is 0 Å². The van der Waals surface area contributed by atoms with Crippen molar-refractivity contribution in [1.82, 2.24) is 14.7 Å². The number of nitrogens with zero attached hydrogens (tertiary/aromatic N) is 3. The highest BCUT2D eigenvalue weighted by molar-refractivity contribution is 5.89. The van der Waals surface area contributed by atoms with Gasteiger partial charge in [-0.05, 0) is 37.1 Å². The molecule has 1 aliphatic heterocycles. The molecule has 1 aliphatic rings. The third-order valence-electron chi connectivity index (χ3n) is 4.52. The second-order valence-corrected chi connectivity index (χ2v) is 6.37. The Labute approximate surface area is 145 Å². The highest BCUT2D eigenvalue weighted by Gasteiger charge is 2.24. The van der Waals surface area contributed by atoms with E-state index in [9.17, 15) is 14.7 Å². The van der Waals surface area contributed by atoms with Gasteiger partial charge in [-0.25, -0.2) is 4.79 Å². The summed E-state index contributed by atoms with van der Waals surface area (Å²) in [7, 11) is 0. The number of likely N-dealkylation sites (tertiary alicyclic amines) is 1. The summed E-state index contributed by atoms with van der Waals surface area (Å²) in [5.41, 5.74) is 2.06. The van der Waals surface area contributed by atoms with Crippen LogP contribution in [0.15, 0.2) is 36.5 Å². The number of aliphatic carboxylic acids is 1. The van der Waals surface area contributed by atoms with Crippen LogP contribution >= 0.6 is 0 Å². The Morgan fingerprint density at radius 3 is 2.76 bits per heavy atom. The molecule has 0 spiro atoms. The van der Waals surface area contributed by atoms with Crippen LogP contribution in [0.25, 0.3) is 0 Å². The quantitative estimate of drug-likeness (QED) is 0.833. The lowest BCUT2D eigenvalue weighted by molar-refractivity contribution is -0.137. The van der Waals surface area contributed by atoms with Gasteiger partial charge in [0.05, 0.1) is 11.3 Å². The normalized spacial score (nSPS) is 18.2. The van der Waals surface area contributed by atoms with E-state index < -0.39 is 11.9 Å². The average Bonchev–Trinajstić information content (AvgIpc) is 3.03. The van der Waals surface area contributed by atoms with Gasteiger partial charge in [0, 0.05) is 25.2 Å². The van der Waals surface area contributed by atoms with E-state index in [1.54, 1.807) is 18.3 Å². The molecule has 0 radical (unpaired) electrons. The van der Waals surface area contributed by atoms with Crippen LogP contribution in [-0.4, -0.2) is 49.9 Å². The second-order valence-electron chi connectivity index (χ2n) is 6.37. The van der Waals surface area contributed by atoms with Crippen molar-refractivity contribution >= 4 is 11.9 Å². The van der Waals surface area contributed by atoms with Gasteiger partial charge in [0.25, 0.3) is 0 Å². The molecule has 0 amide bonds. The predicted molar refractivity (Wildman–Crippen MR) is 90.5 cm³/mol. The molecule has 3 rings (SSSR count). The summed E-state index contributed by atoms with van der Waals surface area (Å²) >= 11 is 0. The molecule has 7 heteroatoms. The van der Waals surface area contributed by atoms with Crippen molar-refractivity contribution in [2.45, 2.75) is 31.8 Å². The molecule has 7 nitrogen and oxygen atoms in total. The van der Waals surface area contributed by atoms with Crippen LogP contribution in [0, 0.1) is 0 Å². The van der Waals surface area contributed by atoms with Crippen molar-refractivity contribution in [1.29, 1.82) is 0 Å². The number of rotatable bonds is 6. The molecule has 1 fully saturated rings. The number of hydrogen-bond acceptors (Lipinski definition) is 4. The molecule has 0 unspecified atom stereocenters. The smallest absolute Gasteiger partial charge is 0.336 e. The van der Waals surface area contributed by atoms with E-state index in [4.69, 9.17) is 5.11 Å². The lowest BCUT2D eigenvalue weighted by Crippen LogP contribution is -2.34. The first-order valence-corrected chi connectivity index (χ1v) is 8.31. The van der Waals surface area contributed by atoms with Crippen molar-refractivity contribution in [2.75, 3.05) is 13.1 Å². The number of benzene rings is 1. The number of aromatic nitrogens is 2. The SMILES string of the molecule is O=C(O)Cn1ccc([C@H]2CCCN(Cc3ccccc3C(=O)O)C2)n1. The first-order valence-electron chi connectivity index (χ1n) is 8.31. The summed E-state index contributed by atoms with van der Waals surface area (Å²) < 4.78 is 1.44. The Hall–Kier alpha value is -2.67. The standard InChI is InChI=1S/C18H21N3O4/c22-17(23)12-21-9-7-16(19-21)14-5-3-8-20(11-14)10-13-4-1-2-6-15(13)18(24)25/h1-2,4,6-7,9,14H,3,5,8,10-12H2,(H,22,23)(H,24,25)/t14-/m0/s1. The van der Waals surface area contributed by atoms with Gasteiger partial charge in [-0.1, -0.05) is 18.2 Å². The molecule has 0 saturated carbocycles. The zero-order valence-corrected chi connectivity index (χ0v) is 13.8. The van der Waals surface area contributed by atoms with Gasteiger partial charge in [-0.2, -0.15) is 5.10 Å². The van der Waals surface area contributed by atoms with Crippen LogP contribution in [0.5, 0.6) is 0 Å². The maximum Gasteiger partial charge on any atom is 0.336 e. The summed E-state index contributed by atoms with van der Waals surface area (Å²) in [6.45, 7) is 2.16. The van der Waals surface area contributed by atoms with Crippen LogP contribution in [-0.2, 0) is 17.9 Å². The van der Waals surface area contributed by atoms with Crippen LogP contribution in [0.2, 0.25) is 0 Å². The first-order chi connectivity index (χ1) is 12.0. The maximum absolute atomic E-state index is 11.4. The number of carbonyl (C=O) groups is 2. The molecule has 0 bridgehead atoms. The highest BCUT2D eigenvalue weighted by atomic mass is 16.4. The second kappa shape index (κ2) is 7.48. The van der Waals surface area contributed by atoms with Crippen molar-refractivity contribution in [2.24, 2.45) is 0 Å². The Balaban J connectivity index is 1.68. The van der Waals surface area contributed by atoms with E-state index in [1.165, 1.54) is 4.68 Å². The summed E-state index contributed by atoms with van der Waals surface area (Å²) in [4.78, 5) is 24.4. The molecule has 1 aromatic heterocycles. The Morgan fingerprint density at radius 2 is 2.00 bits per heavy atom. The fourth-order valence-corrected chi connectivity index (χ4v) is 3.37. The van der Waals surface area contributed by atoms with E-state index in [0.717, 1.165) is 37.2 Å². The van der Waals surface area contributed by atoms with Gasteiger partial charge < -0.3 is 10.2 Å². The minimum Gasteiger partial charge on any atom is -0.480 e. The molecule has 2 aromatic rings. The Bertz CT molecular complexity index is 771. The minimum atomic E-state index is -0.912. The summed E-state index contributed by atoms with van der Waals surface area (Å²) in [6, 6.07) is 8.96. The molecular formula is C18H21N3O4. The number of carboxylic acids is 2. The average molecular weight is 343 g/mol. The topological polar surface area (TPSA) is 95.7 Å². The zero-order chi connectivity index (χ0) is 17.8. The van der Waals surface area contributed by atoms with Crippen LogP contribution in [0.3, 0.4) is 0 Å². The predicted octanol–water partition coefficient (Wildman–Crippen LogP) is 2.05. The fourth-order valence-electron chi connectivity index (χ4n) is 3.37. The minimum absolute atomic E-state index is 0.136. The van der Waals surface area contributed by atoms with Crippen LogP contribution < -0.4 is 0 Å². The molecule has 2 heterocycles. The lowest BCUT2D eigenvalue weighted by atomic mass is 9.94. The molecular weight excluding hydrogens is 322 g/mol. The fraction of sp³-hybridized carbons (Fsp3) is 0.389. The molecule has 1 aromatic carbocycles. The van der Waals surface area contributed by atoms with E-state index in [-0.39, 0.29) is 12.5 Å². The number of aromatic carboxylic acids is 1. The molecule has 1 saturated heterocycles. The van der Waals surface area contributed by atoms with Crippen molar-refractivity contribution < 1.29 is 19.8 Å². The third-order valence-corrected chi connectivity index (χ3v) is 4.52. The third kappa shape index (κ3) is 4.24. The van der Waals surface area contributed by atoms with Gasteiger partial charge >= 0.3 is 11.9 Å². The molecule has 25 heavy (non-hydrogen) atoms. The highest BCUT2D eigenvalue weighted by Crippen LogP contribution is 2.27. The first kappa shape index (κ1) is 17.2. The number of carboxylic acid groups (broad SMARTS) is 2. The summed E-state index contributed by atoms with van der Waals surface area (Å²) in [5, 5.41) is 22.5. The largest absolute Gasteiger partial charge is 0.480 e. The van der Waals surface area contributed by atoms with Gasteiger partial charge in [-0.15, -0.1) is 0 Å². The van der Waals surface area contributed by atoms with E-state index in [1.807, 2.05) is 18.2 Å². The van der Waals surface area contributed by atoms with E-state index >= 15 is 0 Å². The van der Waals surface area contributed by atoms with Gasteiger partial charge in [0.15, 0.2) is 0 Å².